The molecule has 2 N–H and O–H groups in total. The lowest BCUT2D eigenvalue weighted by atomic mass is 10.1. The summed E-state index contributed by atoms with van der Waals surface area (Å²) in [6.45, 7) is 2.37. The Kier molecular flexibility index (Phi) is 3.89. The fourth-order valence-corrected chi connectivity index (χ4v) is 2.73. The zero-order valence-electron chi connectivity index (χ0n) is 11.8. The first-order chi connectivity index (χ1) is 10.3. The zero-order valence-corrected chi connectivity index (χ0v) is 11.8. The molecule has 2 aromatic rings. The minimum atomic E-state index is 0.0958. The summed E-state index contributed by atoms with van der Waals surface area (Å²) in [5.74, 6) is 0.534. The van der Waals surface area contributed by atoms with Gasteiger partial charge in [0.05, 0.1) is 17.6 Å². The monoisotopic (exact) mass is 282 g/mol. The van der Waals surface area contributed by atoms with Crippen molar-refractivity contribution in [1.82, 2.24) is 14.9 Å². The molecule has 1 aromatic heterocycles. The summed E-state index contributed by atoms with van der Waals surface area (Å²) in [4.78, 5) is 9.66. The van der Waals surface area contributed by atoms with E-state index in [1.54, 1.807) is 0 Å². The standard InChI is InChI=1S/C16H18N4O/c17-10-12(15(21)11-20-8-4-1-5-9-20)16-18-13-6-2-3-7-14(13)19-16/h2-3,6-7,21H,1,4-5,8-9,11H2,(H,18,19). The average molecular weight is 282 g/mol. The summed E-state index contributed by atoms with van der Waals surface area (Å²) < 4.78 is 0. The van der Waals surface area contributed by atoms with Gasteiger partial charge in [0.1, 0.15) is 17.4 Å². The quantitative estimate of drug-likeness (QED) is 0.670. The van der Waals surface area contributed by atoms with Crippen LogP contribution >= 0.6 is 0 Å². The summed E-state index contributed by atoms with van der Waals surface area (Å²) in [6.07, 6.45) is 3.55. The van der Waals surface area contributed by atoms with Crippen molar-refractivity contribution < 1.29 is 5.11 Å². The molecule has 0 bridgehead atoms. The molecule has 0 spiro atoms. The van der Waals surface area contributed by atoms with Gasteiger partial charge in [-0.3, -0.25) is 4.90 Å². The van der Waals surface area contributed by atoms with Gasteiger partial charge in [-0.1, -0.05) is 18.6 Å². The van der Waals surface area contributed by atoms with Crippen molar-refractivity contribution in [2.24, 2.45) is 0 Å². The lowest BCUT2D eigenvalue weighted by Crippen LogP contribution is -2.31. The number of H-pyrrole nitrogens is 1. The van der Waals surface area contributed by atoms with Crippen LogP contribution in [0.25, 0.3) is 16.6 Å². The number of aliphatic hydroxyl groups is 1. The molecule has 1 aliphatic heterocycles. The van der Waals surface area contributed by atoms with Crippen molar-refractivity contribution in [2.75, 3.05) is 19.6 Å². The number of imidazole rings is 1. The van der Waals surface area contributed by atoms with Crippen LogP contribution in [0.2, 0.25) is 0 Å². The highest BCUT2D eigenvalue weighted by Gasteiger charge is 2.17. The van der Waals surface area contributed by atoms with Gasteiger partial charge < -0.3 is 10.1 Å². The molecule has 0 radical (unpaired) electrons. The van der Waals surface area contributed by atoms with Crippen LogP contribution in [-0.4, -0.2) is 39.6 Å². The predicted octanol–water partition coefficient (Wildman–Crippen LogP) is 2.84. The van der Waals surface area contributed by atoms with Crippen LogP contribution in [-0.2, 0) is 0 Å². The molecule has 3 rings (SSSR count). The van der Waals surface area contributed by atoms with Gasteiger partial charge in [0, 0.05) is 0 Å². The van der Waals surface area contributed by atoms with Crippen molar-refractivity contribution in [3.05, 3.63) is 35.8 Å². The highest BCUT2D eigenvalue weighted by atomic mass is 16.3. The van der Waals surface area contributed by atoms with Crippen molar-refractivity contribution >= 4 is 16.6 Å². The van der Waals surface area contributed by atoms with E-state index in [9.17, 15) is 10.4 Å². The molecule has 2 heterocycles. The molecule has 1 fully saturated rings. The minimum absolute atomic E-state index is 0.0958. The van der Waals surface area contributed by atoms with Gasteiger partial charge in [0.15, 0.2) is 5.82 Å². The highest BCUT2D eigenvalue weighted by molar-refractivity contribution is 5.82. The molecule has 0 unspecified atom stereocenters. The summed E-state index contributed by atoms with van der Waals surface area (Å²) in [6, 6.07) is 9.67. The highest BCUT2D eigenvalue weighted by Crippen LogP contribution is 2.20. The van der Waals surface area contributed by atoms with Crippen molar-refractivity contribution in [3.63, 3.8) is 0 Å². The Labute approximate surface area is 123 Å². The number of allylic oxidation sites excluding steroid dienone is 1. The molecule has 21 heavy (non-hydrogen) atoms. The van der Waals surface area contributed by atoms with E-state index in [1.165, 1.54) is 6.42 Å². The summed E-state index contributed by atoms with van der Waals surface area (Å²) in [5, 5.41) is 19.7. The van der Waals surface area contributed by atoms with Gasteiger partial charge in [-0.25, -0.2) is 4.98 Å². The van der Waals surface area contributed by atoms with Crippen LogP contribution in [0.4, 0.5) is 0 Å². The van der Waals surface area contributed by atoms with Gasteiger partial charge in [-0.15, -0.1) is 0 Å². The van der Waals surface area contributed by atoms with Gasteiger partial charge in [-0.2, -0.15) is 5.26 Å². The first kappa shape index (κ1) is 13.7. The Morgan fingerprint density at radius 1 is 1.29 bits per heavy atom. The number of aromatic amines is 1. The third-order valence-electron chi connectivity index (χ3n) is 3.85. The largest absolute Gasteiger partial charge is 0.509 e. The van der Waals surface area contributed by atoms with Gasteiger partial charge >= 0.3 is 0 Å². The molecule has 1 aromatic carbocycles. The van der Waals surface area contributed by atoms with E-state index >= 15 is 0 Å². The molecule has 0 amide bonds. The number of hydrogen-bond acceptors (Lipinski definition) is 4. The molecule has 0 atom stereocenters. The molecule has 108 valence electrons. The van der Waals surface area contributed by atoms with E-state index in [1.807, 2.05) is 24.3 Å². The summed E-state index contributed by atoms with van der Waals surface area (Å²) in [7, 11) is 0. The number of benzene rings is 1. The number of hydrogen-bond donors (Lipinski definition) is 2. The van der Waals surface area contributed by atoms with Gasteiger partial charge in [0.2, 0.25) is 0 Å². The van der Waals surface area contributed by atoms with E-state index in [0.29, 0.717) is 12.4 Å². The van der Waals surface area contributed by atoms with Crippen molar-refractivity contribution in [3.8, 4) is 6.07 Å². The van der Waals surface area contributed by atoms with Crippen LogP contribution in [0, 0.1) is 11.3 Å². The second-order valence-corrected chi connectivity index (χ2v) is 5.37. The maximum Gasteiger partial charge on any atom is 0.152 e. The number of rotatable bonds is 3. The maximum atomic E-state index is 10.3. The Hall–Kier alpha value is -2.32. The lowest BCUT2D eigenvalue weighted by molar-refractivity contribution is 0.215. The van der Waals surface area contributed by atoms with Crippen LogP contribution in [0.15, 0.2) is 30.0 Å². The Bertz CT molecular complexity index is 671. The number of para-hydroxylation sites is 2. The minimum Gasteiger partial charge on any atom is -0.509 e. The van der Waals surface area contributed by atoms with Crippen LogP contribution in [0.1, 0.15) is 25.1 Å². The SMILES string of the molecule is N#CC(=C(O)CN1CCCCC1)c1nc2ccccc2[nH]1. The van der Waals surface area contributed by atoms with E-state index in [0.717, 1.165) is 37.0 Å². The average Bonchev–Trinajstić information content (AvgIpc) is 2.92. The molecule has 1 aliphatic rings. The van der Waals surface area contributed by atoms with Crippen molar-refractivity contribution in [2.45, 2.75) is 19.3 Å². The molecular weight excluding hydrogens is 264 g/mol. The number of aliphatic hydroxyl groups excluding tert-OH is 1. The Balaban J connectivity index is 1.88. The van der Waals surface area contributed by atoms with Gasteiger partial charge in [0.25, 0.3) is 0 Å². The van der Waals surface area contributed by atoms with Crippen LogP contribution in [0.3, 0.4) is 0 Å². The second-order valence-electron chi connectivity index (χ2n) is 5.37. The molecule has 5 nitrogen and oxygen atoms in total. The smallest absolute Gasteiger partial charge is 0.152 e. The van der Waals surface area contributed by atoms with E-state index in [2.05, 4.69) is 20.9 Å². The Morgan fingerprint density at radius 3 is 2.76 bits per heavy atom. The third-order valence-corrected chi connectivity index (χ3v) is 3.85. The number of nitriles is 1. The van der Waals surface area contributed by atoms with Crippen LogP contribution < -0.4 is 0 Å². The summed E-state index contributed by atoms with van der Waals surface area (Å²) >= 11 is 0. The molecule has 1 saturated heterocycles. The predicted molar refractivity (Wildman–Crippen MR) is 81.5 cm³/mol. The number of aromatic nitrogens is 2. The number of likely N-dealkylation sites (tertiary alicyclic amines) is 1. The van der Waals surface area contributed by atoms with E-state index in [4.69, 9.17) is 0 Å². The topological polar surface area (TPSA) is 75.9 Å². The molecular formula is C16H18N4O. The molecule has 5 heteroatoms. The normalized spacial score (nSPS) is 17.5. The molecule has 0 saturated carbocycles. The fourth-order valence-electron chi connectivity index (χ4n) is 2.73. The second kappa shape index (κ2) is 5.98. The molecule has 0 aliphatic carbocycles. The maximum absolute atomic E-state index is 10.3. The lowest BCUT2D eigenvalue weighted by Gasteiger charge is -2.25. The van der Waals surface area contributed by atoms with Gasteiger partial charge in [-0.05, 0) is 38.1 Å². The first-order valence-corrected chi connectivity index (χ1v) is 7.27. The third kappa shape index (κ3) is 2.91. The van der Waals surface area contributed by atoms with Crippen LogP contribution in [0.5, 0.6) is 0 Å². The number of nitrogens with one attached hydrogen (secondary N) is 1. The zero-order chi connectivity index (χ0) is 14.7. The van der Waals surface area contributed by atoms with E-state index in [-0.39, 0.29) is 11.3 Å². The number of nitrogens with zero attached hydrogens (tertiary/aromatic N) is 3. The number of piperidine rings is 1. The fraction of sp³-hybridized carbons (Fsp3) is 0.375. The summed E-state index contributed by atoms with van der Waals surface area (Å²) in [5.41, 5.74) is 1.90. The van der Waals surface area contributed by atoms with Crippen molar-refractivity contribution in [1.29, 1.82) is 5.26 Å². The van der Waals surface area contributed by atoms with E-state index < -0.39 is 0 Å². The Morgan fingerprint density at radius 2 is 2.05 bits per heavy atom. The first-order valence-electron chi connectivity index (χ1n) is 7.27. The number of fused-ring (bicyclic) bond motifs is 1.